The van der Waals surface area contributed by atoms with Crippen molar-refractivity contribution in [2.75, 3.05) is 24.5 Å². The number of piperidine rings is 1. The summed E-state index contributed by atoms with van der Waals surface area (Å²) in [5.41, 5.74) is 1.79. The third kappa shape index (κ3) is 2.93. The van der Waals surface area contributed by atoms with Gasteiger partial charge in [-0.1, -0.05) is 24.6 Å². The lowest BCUT2D eigenvalue weighted by Crippen LogP contribution is -2.50. The zero-order valence-corrected chi connectivity index (χ0v) is 15.2. The summed E-state index contributed by atoms with van der Waals surface area (Å²) in [5.74, 6) is 1.08. The number of nitriles is 1. The molecule has 2 N–H and O–H groups in total. The van der Waals surface area contributed by atoms with Gasteiger partial charge < -0.3 is 20.1 Å². The number of anilines is 1. The summed E-state index contributed by atoms with van der Waals surface area (Å²) in [4.78, 5) is 14.7. The molecule has 0 bridgehead atoms. The molecule has 4 rings (SSSR count). The zero-order chi connectivity index (χ0) is 18.1. The summed E-state index contributed by atoms with van der Waals surface area (Å²) < 4.78 is 2.10. The lowest BCUT2D eigenvalue weighted by molar-refractivity contribution is -0.124. The van der Waals surface area contributed by atoms with Gasteiger partial charge in [0.25, 0.3) is 0 Å². The first-order valence-corrected chi connectivity index (χ1v) is 9.45. The van der Waals surface area contributed by atoms with Crippen molar-refractivity contribution >= 4 is 22.6 Å². The van der Waals surface area contributed by atoms with Gasteiger partial charge in [-0.3, -0.25) is 4.79 Å². The second-order valence-electron chi connectivity index (χ2n) is 7.33. The van der Waals surface area contributed by atoms with E-state index in [1.807, 2.05) is 31.3 Å². The number of aryl methyl sites for hydroxylation is 1. The molecule has 0 radical (unpaired) electrons. The Morgan fingerprint density at radius 1 is 1.31 bits per heavy atom. The molecule has 1 amide bonds. The van der Waals surface area contributed by atoms with Crippen LogP contribution >= 0.6 is 0 Å². The molecule has 2 atom stereocenters. The number of amides is 1. The molecular weight excluding hydrogens is 326 g/mol. The van der Waals surface area contributed by atoms with Gasteiger partial charge in [0.05, 0.1) is 11.6 Å². The van der Waals surface area contributed by atoms with Gasteiger partial charge in [-0.15, -0.1) is 0 Å². The minimum absolute atomic E-state index is 0.0508. The average molecular weight is 351 g/mol. The van der Waals surface area contributed by atoms with Crippen LogP contribution in [0.25, 0.3) is 10.9 Å². The Hall–Kier alpha value is -2.52. The lowest BCUT2D eigenvalue weighted by Gasteiger charge is -2.25. The Labute approximate surface area is 153 Å². The van der Waals surface area contributed by atoms with E-state index in [0.29, 0.717) is 0 Å². The minimum Gasteiger partial charge on any atom is -0.355 e. The van der Waals surface area contributed by atoms with Crippen molar-refractivity contribution in [1.82, 2.24) is 15.2 Å². The number of nitrogens with zero attached hydrogens (tertiary/aromatic N) is 3. The van der Waals surface area contributed by atoms with Gasteiger partial charge in [0.15, 0.2) is 0 Å². The molecule has 0 unspecified atom stereocenters. The highest BCUT2D eigenvalue weighted by Crippen LogP contribution is 2.33. The number of para-hydroxylation sites is 1. The van der Waals surface area contributed by atoms with Gasteiger partial charge in [-0.05, 0) is 31.9 Å². The number of carbonyl (C=O) groups is 1. The monoisotopic (exact) mass is 351 g/mol. The van der Waals surface area contributed by atoms with Crippen molar-refractivity contribution in [3.63, 3.8) is 0 Å². The molecule has 1 aromatic heterocycles. The maximum absolute atomic E-state index is 12.5. The summed E-state index contributed by atoms with van der Waals surface area (Å²) in [5, 5.41) is 17.2. The van der Waals surface area contributed by atoms with Gasteiger partial charge in [0, 0.05) is 31.6 Å². The van der Waals surface area contributed by atoms with Gasteiger partial charge in [0.2, 0.25) is 5.91 Å². The van der Waals surface area contributed by atoms with Crippen molar-refractivity contribution in [1.29, 1.82) is 5.26 Å². The van der Waals surface area contributed by atoms with Crippen LogP contribution in [0.5, 0.6) is 0 Å². The Bertz CT molecular complexity index is 859. The molecule has 3 heterocycles. The Balaban J connectivity index is 1.51. The quantitative estimate of drug-likeness (QED) is 0.886. The number of hydrogen-bond donors (Lipinski definition) is 2. The third-order valence-corrected chi connectivity index (χ3v) is 5.65. The van der Waals surface area contributed by atoms with E-state index in [-0.39, 0.29) is 18.0 Å². The van der Waals surface area contributed by atoms with Crippen molar-refractivity contribution in [3.8, 4) is 6.07 Å². The second-order valence-corrected chi connectivity index (χ2v) is 7.33. The molecule has 6 nitrogen and oxygen atoms in total. The maximum Gasteiger partial charge on any atom is 0.237 e. The van der Waals surface area contributed by atoms with Crippen LogP contribution in [0.4, 0.5) is 5.82 Å². The minimum atomic E-state index is -0.0508. The fourth-order valence-corrected chi connectivity index (χ4v) is 4.31. The molecule has 26 heavy (non-hydrogen) atoms. The normalized spacial score (nSPS) is 23.2. The SMILES string of the molecule is Cn1c(N2CC[C@H](NC(=O)[C@@H]3CCCCN3)C2)c(C#N)c2ccccc21. The third-order valence-electron chi connectivity index (χ3n) is 5.65. The van der Waals surface area contributed by atoms with Gasteiger partial charge in [0.1, 0.15) is 17.5 Å². The first-order chi connectivity index (χ1) is 12.7. The van der Waals surface area contributed by atoms with Gasteiger partial charge >= 0.3 is 0 Å². The van der Waals surface area contributed by atoms with Gasteiger partial charge in [-0.25, -0.2) is 0 Å². The van der Waals surface area contributed by atoms with Crippen LogP contribution in [0.2, 0.25) is 0 Å². The second kappa shape index (κ2) is 7.00. The highest BCUT2D eigenvalue weighted by atomic mass is 16.2. The lowest BCUT2D eigenvalue weighted by atomic mass is 10.0. The Kier molecular flexibility index (Phi) is 4.56. The van der Waals surface area contributed by atoms with Crippen molar-refractivity contribution < 1.29 is 4.79 Å². The Morgan fingerprint density at radius 3 is 2.92 bits per heavy atom. The molecule has 6 heteroatoms. The first-order valence-electron chi connectivity index (χ1n) is 9.45. The highest BCUT2D eigenvalue weighted by molar-refractivity contribution is 5.93. The number of hydrogen-bond acceptors (Lipinski definition) is 4. The smallest absolute Gasteiger partial charge is 0.237 e. The van der Waals surface area contributed by atoms with E-state index in [1.54, 1.807) is 0 Å². The molecule has 2 saturated heterocycles. The molecule has 0 spiro atoms. The summed E-state index contributed by atoms with van der Waals surface area (Å²) in [6.07, 6.45) is 4.09. The van der Waals surface area contributed by atoms with E-state index in [0.717, 1.165) is 67.6 Å². The summed E-state index contributed by atoms with van der Waals surface area (Å²) in [7, 11) is 2.01. The van der Waals surface area contributed by atoms with Crippen LogP contribution in [0.15, 0.2) is 24.3 Å². The summed E-state index contributed by atoms with van der Waals surface area (Å²) in [6, 6.07) is 10.5. The number of fused-ring (bicyclic) bond motifs is 1. The molecule has 136 valence electrons. The topological polar surface area (TPSA) is 73.1 Å². The van der Waals surface area contributed by atoms with E-state index in [9.17, 15) is 10.1 Å². The molecule has 1 aromatic carbocycles. The van der Waals surface area contributed by atoms with Crippen LogP contribution in [-0.2, 0) is 11.8 Å². The molecule has 2 aromatic rings. The predicted octanol–water partition coefficient (Wildman–Crippen LogP) is 1.89. The van der Waals surface area contributed by atoms with Crippen LogP contribution in [0, 0.1) is 11.3 Å². The number of aromatic nitrogens is 1. The standard InChI is InChI=1S/C20H25N5O/c1-24-18-8-3-2-6-15(18)16(12-21)20(24)25-11-9-14(13-25)23-19(26)17-7-4-5-10-22-17/h2-3,6,8,14,17,22H,4-5,7,9-11,13H2,1H3,(H,23,26)/t14-,17-/m0/s1. The largest absolute Gasteiger partial charge is 0.355 e. The average Bonchev–Trinajstić information content (AvgIpc) is 3.24. The molecule has 0 aliphatic carbocycles. The molecule has 2 aliphatic heterocycles. The van der Waals surface area contributed by atoms with Gasteiger partial charge in [-0.2, -0.15) is 5.26 Å². The fraction of sp³-hybridized carbons (Fsp3) is 0.500. The number of benzene rings is 1. The van der Waals surface area contributed by atoms with Crippen LogP contribution < -0.4 is 15.5 Å². The molecule has 0 saturated carbocycles. The summed E-state index contributed by atoms with van der Waals surface area (Å²) in [6.45, 7) is 2.52. The van der Waals surface area contributed by atoms with E-state index in [2.05, 4.69) is 26.2 Å². The first kappa shape index (κ1) is 16.9. The number of rotatable bonds is 3. The van der Waals surface area contributed by atoms with Crippen molar-refractivity contribution in [2.24, 2.45) is 7.05 Å². The number of nitrogens with one attached hydrogen (secondary N) is 2. The molecular formula is C20H25N5O. The van der Waals surface area contributed by atoms with E-state index >= 15 is 0 Å². The van der Waals surface area contributed by atoms with E-state index in [4.69, 9.17) is 0 Å². The molecule has 2 fully saturated rings. The van der Waals surface area contributed by atoms with Crippen LogP contribution in [0.1, 0.15) is 31.2 Å². The van der Waals surface area contributed by atoms with Crippen LogP contribution in [-0.4, -0.2) is 42.2 Å². The highest BCUT2D eigenvalue weighted by Gasteiger charge is 2.30. The fourth-order valence-electron chi connectivity index (χ4n) is 4.31. The summed E-state index contributed by atoms with van der Waals surface area (Å²) >= 11 is 0. The maximum atomic E-state index is 12.5. The Morgan fingerprint density at radius 2 is 2.15 bits per heavy atom. The van der Waals surface area contributed by atoms with E-state index < -0.39 is 0 Å². The zero-order valence-electron chi connectivity index (χ0n) is 15.2. The number of carbonyl (C=O) groups excluding carboxylic acids is 1. The van der Waals surface area contributed by atoms with Crippen LogP contribution in [0.3, 0.4) is 0 Å². The van der Waals surface area contributed by atoms with Crippen molar-refractivity contribution in [2.45, 2.75) is 37.8 Å². The molecule has 2 aliphatic rings. The van der Waals surface area contributed by atoms with E-state index in [1.165, 1.54) is 0 Å². The predicted molar refractivity (Wildman–Crippen MR) is 102 cm³/mol. The van der Waals surface area contributed by atoms with Crippen molar-refractivity contribution in [3.05, 3.63) is 29.8 Å².